The number of carbonyl (C=O) groups is 2. The summed E-state index contributed by atoms with van der Waals surface area (Å²) in [5.41, 5.74) is 4.96. The van der Waals surface area contributed by atoms with Crippen LogP contribution in [0.5, 0.6) is 0 Å². The Labute approximate surface area is 125 Å². The fourth-order valence-electron chi connectivity index (χ4n) is 2.36. The molecule has 0 radical (unpaired) electrons. The molecule has 0 heterocycles. The first kappa shape index (κ1) is 17.2. The molecule has 0 aliphatic carbocycles. The van der Waals surface area contributed by atoms with E-state index in [1.165, 1.54) is 0 Å². The Hall–Kier alpha value is -1.88. The number of carbonyl (C=O) groups excluding carboxylic acids is 2. The molecule has 2 atom stereocenters. The molecular formula is C16H24N2O3. The van der Waals surface area contributed by atoms with Crippen LogP contribution in [0.25, 0.3) is 0 Å². The van der Waals surface area contributed by atoms with Crippen LogP contribution in [0.15, 0.2) is 30.3 Å². The van der Waals surface area contributed by atoms with Gasteiger partial charge in [0.15, 0.2) is 0 Å². The number of nitrogens with two attached hydrogens (primary N) is 1. The molecule has 1 aromatic carbocycles. The lowest BCUT2D eigenvalue weighted by Gasteiger charge is -2.29. The highest BCUT2D eigenvalue weighted by Gasteiger charge is 2.33. The van der Waals surface area contributed by atoms with Gasteiger partial charge in [0.2, 0.25) is 11.8 Å². The van der Waals surface area contributed by atoms with Crippen molar-refractivity contribution in [3.8, 4) is 0 Å². The summed E-state index contributed by atoms with van der Waals surface area (Å²) in [5, 5.41) is 12.7. The van der Waals surface area contributed by atoms with Gasteiger partial charge < -0.3 is 16.2 Å². The van der Waals surface area contributed by atoms with Gasteiger partial charge in [0.25, 0.3) is 0 Å². The Balaban J connectivity index is 2.69. The van der Waals surface area contributed by atoms with Gasteiger partial charge in [-0.15, -0.1) is 0 Å². The normalized spacial score (nSPS) is 15.3. The zero-order valence-electron chi connectivity index (χ0n) is 12.8. The Kier molecular flexibility index (Phi) is 5.90. The SMILES string of the molecule is CC(C)CC(C)(NC(=O)CC(O)c1ccccc1)C(N)=O. The Morgan fingerprint density at radius 3 is 2.33 bits per heavy atom. The maximum atomic E-state index is 12.0. The van der Waals surface area contributed by atoms with Crippen LogP contribution in [-0.2, 0) is 9.59 Å². The molecule has 0 saturated carbocycles. The van der Waals surface area contributed by atoms with Crippen LogP contribution < -0.4 is 11.1 Å². The van der Waals surface area contributed by atoms with Gasteiger partial charge in [-0.25, -0.2) is 0 Å². The second kappa shape index (κ2) is 7.22. The minimum absolute atomic E-state index is 0.106. The largest absolute Gasteiger partial charge is 0.388 e. The van der Waals surface area contributed by atoms with Crippen LogP contribution in [0.1, 0.15) is 45.3 Å². The second-order valence-corrected chi connectivity index (χ2v) is 5.97. The highest BCUT2D eigenvalue weighted by molar-refractivity contribution is 5.90. The van der Waals surface area contributed by atoms with Crippen molar-refractivity contribution in [1.82, 2.24) is 5.32 Å². The van der Waals surface area contributed by atoms with E-state index in [9.17, 15) is 14.7 Å². The van der Waals surface area contributed by atoms with Crippen molar-refractivity contribution in [2.24, 2.45) is 11.7 Å². The first-order valence-corrected chi connectivity index (χ1v) is 7.08. The predicted octanol–water partition coefficient (Wildman–Crippen LogP) is 1.52. The third kappa shape index (κ3) is 5.19. The summed E-state index contributed by atoms with van der Waals surface area (Å²) in [4.78, 5) is 23.6. The van der Waals surface area contributed by atoms with Gasteiger partial charge in [-0.1, -0.05) is 44.2 Å². The Morgan fingerprint density at radius 2 is 1.86 bits per heavy atom. The van der Waals surface area contributed by atoms with E-state index >= 15 is 0 Å². The molecule has 5 nitrogen and oxygen atoms in total. The summed E-state index contributed by atoms with van der Waals surface area (Å²) in [6.45, 7) is 5.51. The van der Waals surface area contributed by atoms with Crippen LogP contribution in [0.2, 0.25) is 0 Å². The van der Waals surface area contributed by atoms with Gasteiger partial charge >= 0.3 is 0 Å². The quantitative estimate of drug-likeness (QED) is 0.711. The maximum absolute atomic E-state index is 12.0. The average Bonchev–Trinajstić information content (AvgIpc) is 2.38. The van der Waals surface area contributed by atoms with Gasteiger partial charge in [-0.3, -0.25) is 9.59 Å². The molecule has 4 N–H and O–H groups in total. The molecule has 2 amide bonds. The molecule has 0 fully saturated rings. The number of primary amides is 1. The van der Waals surface area contributed by atoms with E-state index in [1.807, 2.05) is 19.9 Å². The third-order valence-corrected chi connectivity index (χ3v) is 3.34. The minimum Gasteiger partial charge on any atom is -0.388 e. The van der Waals surface area contributed by atoms with Gasteiger partial charge in [0.1, 0.15) is 5.54 Å². The van der Waals surface area contributed by atoms with Crippen LogP contribution in [0.4, 0.5) is 0 Å². The van der Waals surface area contributed by atoms with Gasteiger partial charge in [0, 0.05) is 0 Å². The van der Waals surface area contributed by atoms with Crippen LogP contribution in [-0.4, -0.2) is 22.5 Å². The van der Waals surface area contributed by atoms with Crippen LogP contribution in [0, 0.1) is 5.92 Å². The monoisotopic (exact) mass is 292 g/mol. The fourth-order valence-corrected chi connectivity index (χ4v) is 2.36. The van der Waals surface area contributed by atoms with Crippen LogP contribution >= 0.6 is 0 Å². The van der Waals surface area contributed by atoms with Crippen molar-refractivity contribution in [2.45, 2.75) is 45.3 Å². The molecule has 21 heavy (non-hydrogen) atoms. The topological polar surface area (TPSA) is 92.4 Å². The zero-order valence-corrected chi connectivity index (χ0v) is 12.8. The van der Waals surface area contributed by atoms with E-state index < -0.39 is 23.5 Å². The third-order valence-electron chi connectivity index (χ3n) is 3.34. The van der Waals surface area contributed by atoms with E-state index in [-0.39, 0.29) is 12.3 Å². The number of nitrogens with one attached hydrogen (secondary N) is 1. The average molecular weight is 292 g/mol. The molecule has 0 aliphatic heterocycles. The fraction of sp³-hybridized carbons (Fsp3) is 0.500. The highest BCUT2D eigenvalue weighted by Crippen LogP contribution is 2.19. The summed E-state index contributed by atoms with van der Waals surface area (Å²) in [6.07, 6.45) is -0.553. The molecule has 116 valence electrons. The molecule has 0 bridgehead atoms. The summed E-state index contributed by atoms with van der Waals surface area (Å²) >= 11 is 0. The molecule has 0 spiro atoms. The van der Waals surface area contributed by atoms with E-state index in [0.717, 1.165) is 0 Å². The van der Waals surface area contributed by atoms with Crippen molar-refractivity contribution in [2.75, 3.05) is 0 Å². The predicted molar refractivity (Wildman–Crippen MR) is 81.2 cm³/mol. The number of aliphatic hydroxyl groups excluding tert-OH is 1. The molecule has 0 aliphatic rings. The van der Waals surface area contributed by atoms with Crippen LogP contribution in [0.3, 0.4) is 0 Å². The van der Waals surface area contributed by atoms with Crippen molar-refractivity contribution >= 4 is 11.8 Å². The standard InChI is InChI=1S/C16H24N2O3/c1-11(2)10-16(3,15(17)21)18-14(20)9-13(19)12-7-5-4-6-8-12/h4-8,11,13,19H,9-10H2,1-3H3,(H2,17,21)(H,18,20). The molecule has 0 saturated heterocycles. The van der Waals surface area contributed by atoms with Gasteiger partial charge in [-0.05, 0) is 24.8 Å². The minimum atomic E-state index is -1.10. The molecule has 2 unspecified atom stereocenters. The molecule has 0 aromatic heterocycles. The first-order valence-electron chi connectivity index (χ1n) is 7.08. The zero-order chi connectivity index (χ0) is 16.0. The van der Waals surface area contributed by atoms with Crippen molar-refractivity contribution in [1.29, 1.82) is 0 Å². The van der Waals surface area contributed by atoms with Crippen molar-refractivity contribution in [3.63, 3.8) is 0 Å². The summed E-state index contributed by atoms with van der Waals surface area (Å²) in [7, 11) is 0. The van der Waals surface area contributed by atoms with Crippen molar-refractivity contribution < 1.29 is 14.7 Å². The van der Waals surface area contributed by atoms with E-state index in [4.69, 9.17) is 5.73 Å². The highest BCUT2D eigenvalue weighted by atomic mass is 16.3. The molecule has 1 rings (SSSR count). The lowest BCUT2D eigenvalue weighted by Crippen LogP contribution is -2.56. The summed E-state index contributed by atoms with van der Waals surface area (Å²) in [6, 6.07) is 8.92. The molecule has 5 heteroatoms. The second-order valence-electron chi connectivity index (χ2n) is 5.97. The smallest absolute Gasteiger partial charge is 0.242 e. The number of benzene rings is 1. The van der Waals surface area contributed by atoms with E-state index in [2.05, 4.69) is 5.32 Å². The number of aliphatic hydroxyl groups is 1. The molecule has 1 aromatic rings. The summed E-state index contributed by atoms with van der Waals surface area (Å²) in [5.74, 6) is -0.756. The lowest BCUT2D eigenvalue weighted by molar-refractivity contribution is -0.132. The summed E-state index contributed by atoms with van der Waals surface area (Å²) < 4.78 is 0. The Bertz CT molecular complexity index is 488. The van der Waals surface area contributed by atoms with Gasteiger partial charge in [-0.2, -0.15) is 0 Å². The molecular weight excluding hydrogens is 268 g/mol. The maximum Gasteiger partial charge on any atom is 0.242 e. The van der Waals surface area contributed by atoms with E-state index in [0.29, 0.717) is 12.0 Å². The number of hydrogen-bond donors (Lipinski definition) is 3. The Morgan fingerprint density at radius 1 is 1.29 bits per heavy atom. The first-order chi connectivity index (χ1) is 9.74. The number of amides is 2. The van der Waals surface area contributed by atoms with Gasteiger partial charge in [0.05, 0.1) is 12.5 Å². The number of rotatable bonds is 7. The lowest BCUT2D eigenvalue weighted by atomic mass is 9.89. The van der Waals surface area contributed by atoms with Crippen molar-refractivity contribution in [3.05, 3.63) is 35.9 Å². The van der Waals surface area contributed by atoms with E-state index in [1.54, 1.807) is 31.2 Å². The number of hydrogen-bond acceptors (Lipinski definition) is 3.